The first kappa shape index (κ1) is 15.3. The average molecular weight is 335 g/mol. The van der Waals surface area contributed by atoms with Crippen molar-refractivity contribution in [3.63, 3.8) is 0 Å². The lowest BCUT2D eigenvalue weighted by Gasteiger charge is -2.12. The molecule has 0 saturated heterocycles. The number of nitrogens with one attached hydrogen (secondary N) is 2. The van der Waals surface area contributed by atoms with Crippen molar-refractivity contribution in [3.8, 4) is 11.4 Å². The maximum Gasteiger partial charge on any atom is 0.253 e. The summed E-state index contributed by atoms with van der Waals surface area (Å²) in [4.78, 5) is 23.5. The number of carbonyl (C=O) groups is 1. The molecule has 7 nitrogen and oxygen atoms in total. The Hall–Kier alpha value is -3.19. The SMILES string of the molecule is Nc1nccc(-c2cc3c([nH]2)C(COCc2ccccc2)NC3=O)n1. The predicted molar refractivity (Wildman–Crippen MR) is 92.5 cm³/mol. The third-order valence-corrected chi connectivity index (χ3v) is 4.09. The van der Waals surface area contributed by atoms with E-state index in [1.165, 1.54) is 0 Å². The Morgan fingerprint density at radius 3 is 2.84 bits per heavy atom. The van der Waals surface area contributed by atoms with E-state index in [1.54, 1.807) is 18.3 Å². The Morgan fingerprint density at radius 1 is 1.20 bits per heavy atom. The largest absolute Gasteiger partial charge is 0.374 e. The number of hydrogen-bond donors (Lipinski definition) is 3. The Labute approximate surface area is 144 Å². The molecule has 126 valence electrons. The average Bonchev–Trinajstić information content (AvgIpc) is 3.18. The van der Waals surface area contributed by atoms with Crippen LogP contribution in [0.15, 0.2) is 48.7 Å². The van der Waals surface area contributed by atoms with Crippen LogP contribution in [0.25, 0.3) is 11.4 Å². The summed E-state index contributed by atoms with van der Waals surface area (Å²) in [5.74, 6) is 0.0762. The number of amides is 1. The number of carbonyl (C=O) groups excluding carboxylic acids is 1. The van der Waals surface area contributed by atoms with Gasteiger partial charge in [0.15, 0.2) is 0 Å². The van der Waals surface area contributed by atoms with Gasteiger partial charge in [-0.05, 0) is 17.7 Å². The number of fused-ring (bicyclic) bond motifs is 1. The molecular weight excluding hydrogens is 318 g/mol. The van der Waals surface area contributed by atoms with Gasteiger partial charge in [0, 0.05) is 6.20 Å². The number of H-pyrrole nitrogens is 1. The summed E-state index contributed by atoms with van der Waals surface area (Å²) in [5, 5.41) is 2.92. The smallest absolute Gasteiger partial charge is 0.253 e. The molecule has 0 radical (unpaired) electrons. The fraction of sp³-hybridized carbons (Fsp3) is 0.167. The van der Waals surface area contributed by atoms with Crippen molar-refractivity contribution < 1.29 is 9.53 Å². The number of aromatic nitrogens is 3. The third kappa shape index (κ3) is 3.09. The molecule has 1 aliphatic heterocycles. The molecule has 1 atom stereocenters. The zero-order valence-electron chi connectivity index (χ0n) is 13.4. The molecular formula is C18H17N5O2. The zero-order valence-corrected chi connectivity index (χ0v) is 13.4. The van der Waals surface area contributed by atoms with Crippen LogP contribution in [0.1, 0.15) is 27.7 Å². The van der Waals surface area contributed by atoms with E-state index < -0.39 is 0 Å². The molecule has 1 amide bonds. The van der Waals surface area contributed by atoms with Gasteiger partial charge in [0.2, 0.25) is 5.95 Å². The van der Waals surface area contributed by atoms with Gasteiger partial charge in [-0.2, -0.15) is 0 Å². The molecule has 3 heterocycles. The standard InChI is InChI=1S/C18H17N5O2/c19-18-20-7-6-13(23-18)14-8-12-16(21-14)15(22-17(12)24)10-25-9-11-4-2-1-3-5-11/h1-8,15,21H,9-10H2,(H,22,24)(H2,19,20,23). The molecule has 0 aliphatic carbocycles. The van der Waals surface area contributed by atoms with Crippen LogP contribution in [0.2, 0.25) is 0 Å². The summed E-state index contributed by atoms with van der Waals surface area (Å²) in [6, 6.07) is 13.2. The van der Waals surface area contributed by atoms with Gasteiger partial charge in [0.05, 0.1) is 41.9 Å². The van der Waals surface area contributed by atoms with E-state index in [0.29, 0.717) is 24.5 Å². The van der Waals surface area contributed by atoms with Crippen molar-refractivity contribution >= 4 is 11.9 Å². The highest BCUT2D eigenvalue weighted by molar-refractivity contribution is 6.00. The summed E-state index contributed by atoms with van der Waals surface area (Å²) < 4.78 is 5.76. The first-order valence-corrected chi connectivity index (χ1v) is 7.95. The van der Waals surface area contributed by atoms with Crippen LogP contribution in [0.5, 0.6) is 0 Å². The molecule has 4 N–H and O–H groups in total. The van der Waals surface area contributed by atoms with Crippen molar-refractivity contribution in [1.29, 1.82) is 0 Å². The van der Waals surface area contributed by atoms with Crippen molar-refractivity contribution in [2.75, 3.05) is 12.3 Å². The number of benzene rings is 1. The van der Waals surface area contributed by atoms with E-state index in [4.69, 9.17) is 10.5 Å². The van der Waals surface area contributed by atoms with Gasteiger partial charge < -0.3 is 20.8 Å². The topological polar surface area (TPSA) is 106 Å². The second-order valence-corrected chi connectivity index (χ2v) is 5.84. The van der Waals surface area contributed by atoms with E-state index >= 15 is 0 Å². The van der Waals surface area contributed by atoms with Gasteiger partial charge in [-0.15, -0.1) is 0 Å². The Bertz CT molecular complexity index is 907. The molecule has 0 fully saturated rings. The van der Waals surface area contributed by atoms with Gasteiger partial charge in [-0.3, -0.25) is 4.79 Å². The van der Waals surface area contributed by atoms with Crippen LogP contribution in [0, 0.1) is 0 Å². The molecule has 3 aromatic rings. The van der Waals surface area contributed by atoms with Gasteiger partial charge >= 0.3 is 0 Å². The summed E-state index contributed by atoms with van der Waals surface area (Å²) in [6.45, 7) is 0.887. The highest BCUT2D eigenvalue weighted by Gasteiger charge is 2.31. The van der Waals surface area contributed by atoms with E-state index in [1.807, 2.05) is 30.3 Å². The number of nitrogens with two attached hydrogens (primary N) is 1. The molecule has 7 heteroatoms. The lowest BCUT2D eigenvalue weighted by Crippen LogP contribution is -2.23. The highest BCUT2D eigenvalue weighted by atomic mass is 16.5. The van der Waals surface area contributed by atoms with Crippen molar-refractivity contribution in [1.82, 2.24) is 20.3 Å². The lowest BCUT2D eigenvalue weighted by atomic mass is 10.2. The Kier molecular flexibility index (Phi) is 3.91. The second kappa shape index (κ2) is 6.37. The number of rotatable bonds is 5. The molecule has 0 spiro atoms. The minimum absolute atomic E-state index is 0.118. The van der Waals surface area contributed by atoms with Crippen molar-refractivity contribution in [2.45, 2.75) is 12.6 Å². The van der Waals surface area contributed by atoms with Crippen LogP contribution in [0.3, 0.4) is 0 Å². The van der Waals surface area contributed by atoms with E-state index in [-0.39, 0.29) is 17.9 Å². The van der Waals surface area contributed by atoms with Crippen molar-refractivity contribution in [2.24, 2.45) is 0 Å². The molecule has 1 aromatic carbocycles. The molecule has 25 heavy (non-hydrogen) atoms. The number of anilines is 1. The number of hydrogen-bond acceptors (Lipinski definition) is 5. The molecule has 0 saturated carbocycles. The minimum atomic E-state index is -0.209. The zero-order chi connectivity index (χ0) is 17.2. The fourth-order valence-corrected chi connectivity index (χ4v) is 2.90. The molecule has 1 unspecified atom stereocenters. The number of aromatic amines is 1. The Morgan fingerprint density at radius 2 is 2.04 bits per heavy atom. The Balaban J connectivity index is 1.49. The second-order valence-electron chi connectivity index (χ2n) is 5.84. The fourth-order valence-electron chi connectivity index (χ4n) is 2.90. The number of nitrogens with zero attached hydrogens (tertiary/aromatic N) is 2. The summed E-state index contributed by atoms with van der Waals surface area (Å²) in [6.07, 6.45) is 1.59. The van der Waals surface area contributed by atoms with Gasteiger partial charge in [0.1, 0.15) is 0 Å². The number of ether oxygens (including phenoxy) is 1. The van der Waals surface area contributed by atoms with Crippen LogP contribution in [0.4, 0.5) is 5.95 Å². The minimum Gasteiger partial charge on any atom is -0.374 e. The monoisotopic (exact) mass is 335 g/mol. The molecule has 0 bridgehead atoms. The van der Waals surface area contributed by atoms with E-state index in [0.717, 1.165) is 17.0 Å². The van der Waals surface area contributed by atoms with E-state index in [2.05, 4.69) is 20.3 Å². The normalized spacial score (nSPS) is 15.8. The lowest BCUT2D eigenvalue weighted by molar-refractivity contribution is 0.0840. The van der Waals surface area contributed by atoms with Gasteiger partial charge in [-0.1, -0.05) is 30.3 Å². The van der Waals surface area contributed by atoms with Crippen LogP contribution in [-0.2, 0) is 11.3 Å². The molecule has 1 aliphatic rings. The third-order valence-electron chi connectivity index (χ3n) is 4.09. The van der Waals surface area contributed by atoms with Gasteiger partial charge in [-0.25, -0.2) is 9.97 Å². The van der Waals surface area contributed by atoms with Gasteiger partial charge in [0.25, 0.3) is 5.91 Å². The maximum absolute atomic E-state index is 12.2. The van der Waals surface area contributed by atoms with E-state index in [9.17, 15) is 4.79 Å². The number of nitrogen functional groups attached to an aromatic ring is 1. The molecule has 4 rings (SSSR count). The summed E-state index contributed by atoms with van der Waals surface area (Å²) >= 11 is 0. The van der Waals surface area contributed by atoms with Crippen LogP contribution in [-0.4, -0.2) is 27.5 Å². The highest BCUT2D eigenvalue weighted by Crippen LogP contribution is 2.29. The molecule has 2 aromatic heterocycles. The quantitative estimate of drug-likeness (QED) is 0.662. The van der Waals surface area contributed by atoms with Crippen molar-refractivity contribution in [3.05, 3.63) is 65.5 Å². The first-order chi connectivity index (χ1) is 12.2. The summed E-state index contributed by atoms with van der Waals surface area (Å²) in [5.41, 5.74) is 9.53. The van der Waals surface area contributed by atoms with Crippen LogP contribution < -0.4 is 11.1 Å². The summed E-state index contributed by atoms with van der Waals surface area (Å²) in [7, 11) is 0. The van der Waals surface area contributed by atoms with Crippen LogP contribution >= 0.6 is 0 Å². The maximum atomic E-state index is 12.2. The first-order valence-electron chi connectivity index (χ1n) is 7.95. The predicted octanol–water partition coefficient (Wildman–Crippen LogP) is 2.06.